The van der Waals surface area contributed by atoms with Gasteiger partial charge >= 0.3 is 0 Å². The van der Waals surface area contributed by atoms with E-state index in [1.807, 2.05) is 65.5 Å². The van der Waals surface area contributed by atoms with E-state index in [1.54, 1.807) is 0 Å². The van der Waals surface area contributed by atoms with E-state index in [1.165, 1.54) is 11.1 Å². The van der Waals surface area contributed by atoms with Crippen LogP contribution in [0, 0.1) is 11.3 Å². The van der Waals surface area contributed by atoms with E-state index in [2.05, 4.69) is 50.4 Å². The van der Waals surface area contributed by atoms with E-state index in [0.717, 1.165) is 17.8 Å². The predicted molar refractivity (Wildman–Crippen MR) is 131 cm³/mol. The summed E-state index contributed by atoms with van der Waals surface area (Å²) >= 11 is 0. The zero-order valence-corrected chi connectivity index (χ0v) is 20.0. The van der Waals surface area contributed by atoms with Crippen LogP contribution in [0.2, 0.25) is 0 Å². The first kappa shape index (κ1) is 33.8. The van der Waals surface area contributed by atoms with Crippen LogP contribution in [-0.2, 0) is 39.3 Å². The maximum absolute atomic E-state index is 8.59. The summed E-state index contributed by atoms with van der Waals surface area (Å²) in [7, 11) is 0. The third-order valence-corrected chi connectivity index (χ3v) is 4.05. The van der Waals surface area contributed by atoms with Gasteiger partial charge in [0.2, 0.25) is 0 Å². The molecule has 0 aliphatic rings. The van der Waals surface area contributed by atoms with Gasteiger partial charge in [-0.3, -0.25) is 0 Å². The summed E-state index contributed by atoms with van der Waals surface area (Å²) in [5, 5.41) is 16.3. The number of aromatic nitrogens is 2. The van der Waals surface area contributed by atoms with Crippen molar-refractivity contribution in [2.45, 2.75) is 68.5 Å². The topological polar surface area (TPSA) is 53.6 Å². The first-order valence-corrected chi connectivity index (χ1v) is 9.32. The molecule has 0 aliphatic heterocycles. The maximum atomic E-state index is 8.59. The smallest absolute Gasteiger partial charge is 0.0991 e. The molecule has 4 nitrogen and oxygen atoms in total. The molecule has 3 aromatic rings. The van der Waals surface area contributed by atoms with Crippen molar-refractivity contribution in [1.29, 1.82) is 5.26 Å². The van der Waals surface area contributed by atoms with Gasteiger partial charge in [0.15, 0.2) is 0 Å². The van der Waals surface area contributed by atoms with Gasteiger partial charge in [0, 0.05) is 57.1 Å². The molecule has 1 aromatic heterocycles. The van der Waals surface area contributed by atoms with Crippen LogP contribution in [-0.4, -0.2) is 15.8 Å². The molecule has 1 radical (unpaired) electrons. The van der Waals surface area contributed by atoms with Gasteiger partial charge in [-0.2, -0.15) is 10.4 Å². The molecular formula is C26H40N4Y. The van der Waals surface area contributed by atoms with Crippen LogP contribution < -0.4 is 5.32 Å². The molecule has 0 spiro atoms. The molecular weight excluding hydrogens is 457 g/mol. The molecule has 0 amide bonds. The van der Waals surface area contributed by atoms with Gasteiger partial charge in [-0.05, 0) is 35.7 Å². The minimum atomic E-state index is 0. The number of para-hydroxylation sites is 1. The summed E-state index contributed by atoms with van der Waals surface area (Å²) in [6.07, 6.45) is 3.97. The van der Waals surface area contributed by atoms with E-state index < -0.39 is 0 Å². The van der Waals surface area contributed by atoms with Gasteiger partial charge in [-0.15, -0.1) is 0 Å². The molecule has 2 aromatic carbocycles. The van der Waals surface area contributed by atoms with Gasteiger partial charge in [-0.25, -0.2) is 4.68 Å². The first-order valence-electron chi connectivity index (χ1n) is 9.32. The van der Waals surface area contributed by atoms with Gasteiger partial charge < -0.3 is 5.32 Å². The first-order chi connectivity index (χ1) is 13.0. The van der Waals surface area contributed by atoms with Crippen molar-refractivity contribution in [2.24, 2.45) is 0 Å². The summed E-state index contributed by atoms with van der Waals surface area (Å²) in [6.45, 7) is 9.39. The minimum Gasteiger partial charge on any atom is -0.310 e. The van der Waals surface area contributed by atoms with E-state index in [9.17, 15) is 0 Å². The number of benzene rings is 2. The van der Waals surface area contributed by atoms with Crippen molar-refractivity contribution in [1.82, 2.24) is 15.1 Å². The Morgan fingerprint density at radius 1 is 0.968 bits per heavy atom. The molecule has 0 fully saturated rings. The Kier molecular flexibility index (Phi) is 19.5. The Labute approximate surface area is 216 Å². The summed E-state index contributed by atoms with van der Waals surface area (Å²) in [5.74, 6) is 0.503. The minimum absolute atomic E-state index is 0. The number of nitriles is 1. The Morgan fingerprint density at radius 3 is 2.16 bits per heavy atom. The number of hydrogen-bond donors (Lipinski definition) is 1. The molecule has 0 unspecified atom stereocenters. The predicted octanol–water partition coefficient (Wildman–Crippen LogP) is 6.96. The fourth-order valence-electron chi connectivity index (χ4n) is 2.46. The molecule has 0 saturated carbocycles. The van der Waals surface area contributed by atoms with E-state index >= 15 is 0 Å². The zero-order chi connectivity index (χ0) is 19.6. The van der Waals surface area contributed by atoms with Crippen LogP contribution in [0.25, 0.3) is 5.69 Å². The molecule has 1 heterocycles. The molecule has 31 heavy (non-hydrogen) atoms. The number of nitrogens with one attached hydrogen (secondary N) is 1. The van der Waals surface area contributed by atoms with Crippen LogP contribution in [0.5, 0.6) is 0 Å². The fourth-order valence-corrected chi connectivity index (χ4v) is 2.46. The second kappa shape index (κ2) is 17.8. The third kappa shape index (κ3) is 12.0. The molecule has 0 bridgehead atoms. The van der Waals surface area contributed by atoms with Crippen molar-refractivity contribution in [2.75, 3.05) is 0 Å². The Balaban J connectivity index is -0.000000471. The van der Waals surface area contributed by atoms with Crippen molar-refractivity contribution >= 4 is 0 Å². The monoisotopic (exact) mass is 497 g/mol. The van der Waals surface area contributed by atoms with E-state index in [-0.39, 0.29) is 55.0 Å². The van der Waals surface area contributed by atoms with Crippen molar-refractivity contribution in [3.8, 4) is 11.8 Å². The Bertz CT molecular complexity index is 864. The summed E-state index contributed by atoms with van der Waals surface area (Å²) < 4.78 is 1.90. The van der Waals surface area contributed by atoms with Crippen molar-refractivity contribution in [3.63, 3.8) is 0 Å². The number of nitrogens with zero attached hydrogens (tertiary/aromatic N) is 3. The normalized spacial score (nSPS) is 9.06. The average Bonchev–Trinajstić information content (AvgIpc) is 3.17. The summed E-state index contributed by atoms with van der Waals surface area (Å²) in [6, 6.07) is 20.5. The Morgan fingerprint density at radius 2 is 1.61 bits per heavy atom. The van der Waals surface area contributed by atoms with Crippen LogP contribution in [0.4, 0.5) is 0 Å². The Hall–Kier alpha value is -1.80. The summed E-state index contributed by atoms with van der Waals surface area (Å²) in [4.78, 5) is 0. The molecule has 167 valence electrons. The molecule has 3 rings (SSSR count). The van der Waals surface area contributed by atoms with Gasteiger partial charge in [0.1, 0.15) is 0 Å². The van der Waals surface area contributed by atoms with Crippen LogP contribution >= 0.6 is 0 Å². The fraction of sp³-hybridized carbons (Fsp3) is 0.385. The maximum Gasteiger partial charge on any atom is 0.0991 e. The van der Waals surface area contributed by atoms with E-state index in [0.29, 0.717) is 12.0 Å². The average molecular weight is 498 g/mol. The van der Waals surface area contributed by atoms with E-state index in [4.69, 9.17) is 5.26 Å². The van der Waals surface area contributed by atoms with Crippen LogP contribution in [0.15, 0.2) is 67.0 Å². The molecule has 0 saturated heterocycles. The SMILES string of the molecule is C.C.C.CC(C)NCc1cnn(-c2ccccc2)c1.CC(C)c1cccc(C#N)c1.[Y]. The van der Waals surface area contributed by atoms with Crippen LogP contribution in [0.3, 0.4) is 0 Å². The van der Waals surface area contributed by atoms with Gasteiger partial charge in [0.25, 0.3) is 0 Å². The second-order valence-electron chi connectivity index (χ2n) is 7.06. The summed E-state index contributed by atoms with van der Waals surface area (Å²) in [5.41, 5.74) is 4.27. The molecule has 1 N–H and O–H groups in total. The standard InChI is InChI=1S/C13H17N3.C10H11N.3CH4.Y/c1-11(2)14-8-12-9-15-16(10-12)13-6-4-3-5-7-13;1-8(2)10-5-3-4-9(6-10)7-11;;;;/h3-7,9-11,14H,8H2,1-2H3;3-6,8H,1-2H3;3*1H4;. The number of hydrogen-bond acceptors (Lipinski definition) is 3. The van der Waals surface area contributed by atoms with Gasteiger partial charge in [0.05, 0.1) is 23.5 Å². The number of rotatable bonds is 5. The quantitative estimate of drug-likeness (QED) is 0.415. The van der Waals surface area contributed by atoms with Crippen molar-refractivity contribution < 1.29 is 32.7 Å². The molecule has 5 heteroatoms. The molecule has 0 atom stereocenters. The van der Waals surface area contributed by atoms with Crippen molar-refractivity contribution in [3.05, 3.63) is 83.7 Å². The largest absolute Gasteiger partial charge is 0.310 e. The molecule has 0 aliphatic carbocycles. The third-order valence-electron chi connectivity index (χ3n) is 4.05. The second-order valence-corrected chi connectivity index (χ2v) is 7.06. The zero-order valence-electron chi connectivity index (χ0n) is 17.1. The van der Waals surface area contributed by atoms with Crippen LogP contribution in [0.1, 0.15) is 72.6 Å². The van der Waals surface area contributed by atoms with Gasteiger partial charge in [-0.1, -0.05) is 80.3 Å².